The number of hydrogen-bond acceptors (Lipinski definition) is 7. The quantitative estimate of drug-likeness (QED) is 0.513. The van der Waals surface area contributed by atoms with E-state index in [0.29, 0.717) is 37.4 Å². The second-order valence-corrected chi connectivity index (χ2v) is 9.86. The van der Waals surface area contributed by atoms with Crippen molar-refractivity contribution in [2.45, 2.75) is 38.8 Å². The Labute approximate surface area is 212 Å². The van der Waals surface area contributed by atoms with Crippen LogP contribution in [0.15, 0.2) is 48.5 Å². The molecule has 194 valence electrons. The molecular formula is C27H36N4O5. The first kappa shape index (κ1) is 27.3. The van der Waals surface area contributed by atoms with Crippen LogP contribution in [0.4, 0.5) is 11.4 Å². The zero-order valence-electron chi connectivity index (χ0n) is 21.5. The van der Waals surface area contributed by atoms with E-state index < -0.39 is 17.6 Å². The molecule has 0 radical (unpaired) electrons. The van der Waals surface area contributed by atoms with Crippen molar-refractivity contribution >= 4 is 29.2 Å². The fourth-order valence-corrected chi connectivity index (χ4v) is 3.83. The first-order valence-electron chi connectivity index (χ1n) is 12.1. The van der Waals surface area contributed by atoms with E-state index in [-0.39, 0.29) is 11.8 Å². The number of hydrogen-bond donors (Lipinski definition) is 2. The third-order valence-electron chi connectivity index (χ3n) is 5.74. The zero-order chi connectivity index (χ0) is 26.3. The molecule has 0 aromatic heterocycles. The Balaban J connectivity index is 1.51. The number of piperazine rings is 1. The van der Waals surface area contributed by atoms with Crippen LogP contribution in [0.1, 0.15) is 36.7 Å². The summed E-state index contributed by atoms with van der Waals surface area (Å²) in [6.07, 6.45) is 0.348. The van der Waals surface area contributed by atoms with Gasteiger partial charge in [0, 0.05) is 38.1 Å². The summed E-state index contributed by atoms with van der Waals surface area (Å²) in [7, 11) is 1.65. The fraction of sp³-hybridized carbons (Fsp3) is 0.444. The molecule has 1 atom stereocenters. The molecule has 3 rings (SSSR count). The van der Waals surface area contributed by atoms with Crippen LogP contribution in [0.2, 0.25) is 0 Å². The molecule has 0 bridgehead atoms. The lowest BCUT2D eigenvalue weighted by Gasteiger charge is -2.34. The number of amides is 2. The van der Waals surface area contributed by atoms with Gasteiger partial charge in [-0.15, -0.1) is 0 Å². The standard InChI is InChI=1S/C27H36N4O5/c1-27(2,3)36-26(34)20-7-9-21(10-8-20)29-25(33)23(28)17-19-5-11-22(12-6-19)31-14-13-30(15-16-35-4)18-24(31)32/h5-12,23H,13-18,28H2,1-4H3,(H,29,33). The summed E-state index contributed by atoms with van der Waals surface area (Å²) in [4.78, 5) is 41.2. The Bertz CT molecular complexity index is 1050. The van der Waals surface area contributed by atoms with Gasteiger partial charge in [0.15, 0.2) is 0 Å². The van der Waals surface area contributed by atoms with Gasteiger partial charge in [-0.3, -0.25) is 14.5 Å². The highest BCUT2D eigenvalue weighted by Gasteiger charge is 2.25. The van der Waals surface area contributed by atoms with Crippen molar-refractivity contribution in [2.75, 3.05) is 50.1 Å². The van der Waals surface area contributed by atoms with Crippen molar-refractivity contribution in [3.8, 4) is 0 Å². The lowest BCUT2D eigenvalue weighted by Crippen LogP contribution is -2.51. The lowest BCUT2D eigenvalue weighted by atomic mass is 10.0. The van der Waals surface area contributed by atoms with Gasteiger partial charge in [0.05, 0.1) is 24.8 Å². The van der Waals surface area contributed by atoms with E-state index in [9.17, 15) is 14.4 Å². The molecule has 0 spiro atoms. The van der Waals surface area contributed by atoms with Gasteiger partial charge < -0.3 is 25.4 Å². The number of anilines is 2. The Hall–Kier alpha value is -3.27. The molecule has 1 aliphatic rings. The van der Waals surface area contributed by atoms with Gasteiger partial charge in [0.1, 0.15) is 5.60 Å². The lowest BCUT2D eigenvalue weighted by molar-refractivity contribution is -0.121. The summed E-state index contributed by atoms with van der Waals surface area (Å²) >= 11 is 0. The average molecular weight is 497 g/mol. The maximum absolute atomic E-state index is 12.6. The van der Waals surface area contributed by atoms with Crippen LogP contribution in [0, 0.1) is 0 Å². The highest BCUT2D eigenvalue weighted by Crippen LogP contribution is 2.19. The van der Waals surface area contributed by atoms with Crippen LogP contribution in [0.5, 0.6) is 0 Å². The molecular weight excluding hydrogens is 460 g/mol. The van der Waals surface area contributed by atoms with Gasteiger partial charge >= 0.3 is 5.97 Å². The number of rotatable bonds is 9. The van der Waals surface area contributed by atoms with Crippen LogP contribution in [-0.2, 0) is 25.5 Å². The first-order valence-corrected chi connectivity index (χ1v) is 12.1. The molecule has 9 heteroatoms. The molecule has 0 saturated carbocycles. The van der Waals surface area contributed by atoms with Gasteiger partial charge in [-0.1, -0.05) is 12.1 Å². The minimum absolute atomic E-state index is 0.0545. The van der Waals surface area contributed by atoms with E-state index in [1.807, 2.05) is 24.3 Å². The van der Waals surface area contributed by atoms with Crippen molar-refractivity contribution in [1.29, 1.82) is 0 Å². The molecule has 3 N–H and O–H groups in total. The fourth-order valence-electron chi connectivity index (χ4n) is 3.83. The number of carbonyl (C=O) groups excluding carboxylic acids is 3. The van der Waals surface area contributed by atoms with E-state index >= 15 is 0 Å². The molecule has 0 aliphatic carbocycles. The van der Waals surface area contributed by atoms with Gasteiger partial charge in [-0.05, 0) is 69.2 Å². The van der Waals surface area contributed by atoms with Gasteiger partial charge in [0.25, 0.3) is 0 Å². The summed E-state index contributed by atoms with van der Waals surface area (Å²) in [5.74, 6) is -0.694. The summed E-state index contributed by atoms with van der Waals surface area (Å²) < 4.78 is 10.4. The van der Waals surface area contributed by atoms with Crippen molar-refractivity contribution in [1.82, 2.24) is 4.90 Å². The number of nitrogens with zero attached hydrogens (tertiary/aromatic N) is 2. The molecule has 2 aromatic carbocycles. The summed E-state index contributed by atoms with van der Waals surface area (Å²) in [6.45, 7) is 8.54. The second kappa shape index (κ2) is 12.1. The van der Waals surface area contributed by atoms with Crippen molar-refractivity contribution in [3.05, 3.63) is 59.7 Å². The maximum atomic E-state index is 12.6. The molecule has 36 heavy (non-hydrogen) atoms. The average Bonchev–Trinajstić information content (AvgIpc) is 2.82. The van der Waals surface area contributed by atoms with E-state index in [0.717, 1.165) is 24.3 Å². The normalized spacial score (nSPS) is 15.5. The number of nitrogens with two attached hydrogens (primary N) is 1. The van der Waals surface area contributed by atoms with Crippen LogP contribution < -0.4 is 16.0 Å². The van der Waals surface area contributed by atoms with E-state index in [1.54, 1.807) is 57.0 Å². The number of nitrogens with one attached hydrogen (secondary N) is 1. The van der Waals surface area contributed by atoms with Gasteiger partial charge in [-0.25, -0.2) is 4.79 Å². The summed E-state index contributed by atoms with van der Waals surface area (Å²) in [6, 6.07) is 13.3. The predicted octanol–water partition coefficient (Wildman–Crippen LogP) is 2.45. The number of methoxy groups -OCH3 is 1. The number of esters is 1. The first-order chi connectivity index (χ1) is 17.1. The molecule has 2 aromatic rings. The maximum Gasteiger partial charge on any atom is 0.338 e. The number of ether oxygens (including phenoxy) is 2. The molecule has 9 nitrogen and oxygen atoms in total. The summed E-state index contributed by atoms with van der Waals surface area (Å²) in [5.41, 5.74) is 8.23. The van der Waals surface area contributed by atoms with Gasteiger partial charge in [0.2, 0.25) is 11.8 Å². The molecule has 1 aliphatic heterocycles. The predicted molar refractivity (Wildman–Crippen MR) is 139 cm³/mol. The minimum Gasteiger partial charge on any atom is -0.456 e. The largest absolute Gasteiger partial charge is 0.456 e. The topological polar surface area (TPSA) is 114 Å². The smallest absolute Gasteiger partial charge is 0.338 e. The van der Waals surface area contributed by atoms with E-state index in [2.05, 4.69) is 10.2 Å². The van der Waals surface area contributed by atoms with Crippen molar-refractivity contribution < 1.29 is 23.9 Å². The van der Waals surface area contributed by atoms with Crippen molar-refractivity contribution in [2.24, 2.45) is 5.73 Å². The van der Waals surface area contributed by atoms with E-state index in [1.165, 1.54) is 0 Å². The third-order valence-corrected chi connectivity index (χ3v) is 5.74. The Morgan fingerprint density at radius 2 is 1.72 bits per heavy atom. The number of carbonyl (C=O) groups is 3. The Kier molecular flexibility index (Phi) is 9.19. The highest BCUT2D eigenvalue weighted by molar-refractivity contribution is 5.96. The molecule has 1 heterocycles. The highest BCUT2D eigenvalue weighted by atomic mass is 16.6. The summed E-state index contributed by atoms with van der Waals surface area (Å²) in [5, 5.41) is 2.78. The van der Waals surface area contributed by atoms with Crippen LogP contribution in [-0.4, -0.2) is 74.2 Å². The van der Waals surface area contributed by atoms with Crippen LogP contribution >= 0.6 is 0 Å². The van der Waals surface area contributed by atoms with Crippen molar-refractivity contribution in [3.63, 3.8) is 0 Å². The third kappa shape index (κ3) is 7.87. The Morgan fingerprint density at radius 3 is 2.31 bits per heavy atom. The number of benzene rings is 2. The molecule has 1 unspecified atom stereocenters. The minimum atomic E-state index is -0.757. The zero-order valence-corrected chi connectivity index (χ0v) is 21.5. The monoisotopic (exact) mass is 496 g/mol. The molecule has 1 saturated heterocycles. The van der Waals surface area contributed by atoms with Gasteiger partial charge in [-0.2, -0.15) is 0 Å². The second-order valence-electron chi connectivity index (χ2n) is 9.86. The molecule has 2 amide bonds. The van der Waals surface area contributed by atoms with E-state index in [4.69, 9.17) is 15.2 Å². The SMILES string of the molecule is COCCN1CCN(c2ccc(CC(N)C(=O)Nc3ccc(C(=O)OC(C)(C)C)cc3)cc2)C(=O)C1. The molecule has 1 fully saturated rings. The van der Waals surface area contributed by atoms with Crippen LogP contribution in [0.25, 0.3) is 0 Å². The Morgan fingerprint density at radius 1 is 1.06 bits per heavy atom. The van der Waals surface area contributed by atoms with Crippen LogP contribution in [0.3, 0.4) is 0 Å².